The Morgan fingerprint density at radius 1 is 1.38 bits per heavy atom. The lowest BCUT2D eigenvalue weighted by atomic mass is 9.93. The molecule has 0 spiro atoms. The van der Waals surface area contributed by atoms with Crippen molar-refractivity contribution >= 4 is 33.5 Å². The molecule has 3 aromatic rings. The third kappa shape index (κ3) is 2.58. The van der Waals surface area contributed by atoms with Gasteiger partial charge in [-0.1, -0.05) is 12.1 Å². The molecule has 1 unspecified atom stereocenters. The highest BCUT2D eigenvalue weighted by Crippen LogP contribution is 2.32. The second-order valence-electron chi connectivity index (χ2n) is 6.45. The van der Waals surface area contributed by atoms with Crippen molar-refractivity contribution in [1.82, 2.24) is 15.1 Å². The third-order valence-electron chi connectivity index (χ3n) is 4.40. The summed E-state index contributed by atoms with van der Waals surface area (Å²) in [5.74, 6) is 0.486. The fraction of sp³-hybridized carbons (Fsp3) is 0.412. The number of pyridine rings is 1. The van der Waals surface area contributed by atoms with Crippen LogP contribution in [0.1, 0.15) is 45.7 Å². The number of carbonyl (C=O) groups is 1. The van der Waals surface area contributed by atoms with Gasteiger partial charge in [0.05, 0.1) is 22.3 Å². The predicted octanol–water partition coefficient (Wildman–Crippen LogP) is 3.67. The van der Waals surface area contributed by atoms with Gasteiger partial charge in [0.1, 0.15) is 0 Å². The predicted molar refractivity (Wildman–Crippen MR) is 92.5 cm³/mol. The van der Waals surface area contributed by atoms with Crippen LogP contribution in [0.4, 0.5) is 5.13 Å². The van der Waals surface area contributed by atoms with Crippen molar-refractivity contribution in [3.63, 3.8) is 0 Å². The first kappa shape index (κ1) is 15.3. The number of nitrogens with zero attached hydrogens (tertiary/aromatic N) is 3. The summed E-state index contributed by atoms with van der Waals surface area (Å²) in [6.45, 7) is 5.90. The van der Waals surface area contributed by atoms with Crippen LogP contribution in [0.25, 0.3) is 11.1 Å². The SMILES string of the molecule is Cc1cc(C(=O)Nc2nc3c(s2)CC(C)CC3)c2c(C)noc2n1. The molecule has 1 aliphatic carbocycles. The van der Waals surface area contributed by atoms with E-state index in [0.717, 1.165) is 30.7 Å². The summed E-state index contributed by atoms with van der Waals surface area (Å²) in [4.78, 5) is 22.9. The highest BCUT2D eigenvalue weighted by molar-refractivity contribution is 7.15. The normalized spacial score (nSPS) is 17.0. The van der Waals surface area contributed by atoms with E-state index in [1.807, 2.05) is 13.8 Å². The monoisotopic (exact) mass is 342 g/mol. The summed E-state index contributed by atoms with van der Waals surface area (Å²) in [7, 11) is 0. The molecule has 1 atom stereocenters. The molecule has 3 aromatic heterocycles. The molecule has 0 saturated heterocycles. The molecule has 0 bridgehead atoms. The molecular weight excluding hydrogens is 324 g/mol. The van der Waals surface area contributed by atoms with E-state index in [1.165, 1.54) is 4.88 Å². The Hall–Kier alpha value is -2.28. The molecule has 3 heterocycles. The Labute approximate surface area is 143 Å². The Morgan fingerprint density at radius 2 is 2.21 bits per heavy atom. The van der Waals surface area contributed by atoms with Crippen molar-refractivity contribution in [3.8, 4) is 0 Å². The van der Waals surface area contributed by atoms with Gasteiger partial charge in [0.25, 0.3) is 11.6 Å². The van der Waals surface area contributed by atoms with Crippen LogP contribution in [-0.4, -0.2) is 21.0 Å². The zero-order valence-electron chi connectivity index (χ0n) is 13.8. The van der Waals surface area contributed by atoms with Crippen LogP contribution in [0.15, 0.2) is 10.6 Å². The zero-order valence-corrected chi connectivity index (χ0v) is 14.7. The minimum atomic E-state index is -0.198. The number of rotatable bonds is 2. The van der Waals surface area contributed by atoms with Crippen LogP contribution in [0.2, 0.25) is 0 Å². The number of hydrogen-bond donors (Lipinski definition) is 1. The number of aryl methyl sites for hydroxylation is 3. The van der Waals surface area contributed by atoms with Crippen LogP contribution < -0.4 is 5.32 Å². The van der Waals surface area contributed by atoms with E-state index in [9.17, 15) is 4.79 Å². The minimum Gasteiger partial charge on any atom is -0.336 e. The van der Waals surface area contributed by atoms with Gasteiger partial charge in [-0.15, -0.1) is 11.3 Å². The van der Waals surface area contributed by atoms with Crippen molar-refractivity contribution in [1.29, 1.82) is 0 Å². The molecule has 6 nitrogen and oxygen atoms in total. The zero-order chi connectivity index (χ0) is 16.8. The maximum atomic E-state index is 12.8. The average molecular weight is 342 g/mol. The molecule has 0 aliphatic heterocycles. The van der Waals surface area contributed by atoms with E-state index >= 15 is 0 Å². The van der Waals surface area contributed by atoms with E-state index < -0.39 is 0 Å². The van der Waals surface area contributed by atoms with Gasteiger partial charge in [-0.2, -0.15) is 0 Å². The molecule has 4 rings (SSSR count). The topological polar surface area (TPSA) is 80.9 Å². The quantitative estimate of drug-likeness (QED) is 0.768. The maximum Gasteiger partial charge on any atom is 0.258 e. The summed E-state index contributed by atoms with van der Waals surface area (Å²) in [5.41, 5.74) is 3.43. The number of anilines is 1. The Kier molecular flexibility index (Phi) is 3.60. The molecule has 0 saturated carbocycles. The lowest BCUT2D eigenvalue weighted by molar-refractivity contribution is 0.102. The summed E-state index contributed by atoms with van der Waals surface area (Å²) in [6.07, 6.45) is 3.20. The summed E-state index contributed by atoms with van der Waals surface area (Å²) in [6, 6.07) is 1.76. The Bertz CT molecular complexity index is 944. The first-order chi connectivity index (χ1) is 11.5. The van der Waals surface area contributed by atoms with Crippen LogP contribution in [-0.2, 0) is 12.8 Å². The molecule has 0 fully saturated rings. The van der Waals surface area contributed by atoms with Gasteiger partial charge in [-0.25, -0.2) is 9.97 Å². The van der Waals surface area contributed by atoms with Gasteiger partial charge in [0.15, 0.2) is 5.13 Å². The summed E-state index contributed by atoms with van der Waals surface area (Å²) in [5, 5.41) is 8.18. The number of amides is 1. The van der Waals surface area contributed by atoms with Crippen LogP contribution in [0.3, 0.4) is 0 Å². The van der Waals surface area contributed by atoms with E-state index in [0.29, 0.717) is 33.4 Å². The van der Waals surface area contributed by atoms with Crippen molar-refractivity contribution in [3.05, 3.63) is 33.6 Å². The number of nitrogens with one attached hydrogen (secondary N) is 1. The van der Waals surface area contributed by atoms with E-state index in [-0.39, 0.29) is 5.91 Å². The van der Waals surface area contributed by atoms with Crippen LogP contribution >= 0.6 is 11.3 Å². The number of fused-ring (bicyclic) bond motifs is 2. The molecule has 124 valence electrons. The third-order valence-corrected chi connectivity index (χ3v) is 5.43. The molecule has 0 radical (unpaired) electrons. The summed E-state index contributed by atoms with van der Waals surface area (Å²) >= 11 is 1.58. The second kappa shape index (κ2) is 5.66. The molecule has 24 heavy (non-hydrogen) atoms. The van der Waals surface area contributed by atoms with Gasteiger partial charge < -0.3 is 4.52 Å². The van der Waals surface area contributed by atoms with Gasteiger partial charge in [0.2, 0.25) is 0 Å². The van der Waals surface area contributed by atoms with Gasteiger partial charge >= 0.3 is 0 Å². The van der Waals surface area contributed by atoms with Crippen LogP contribution in [0, 0.1) is 19.8 Å². The molecular formula is C17H18N4O2S. The van der Waals surface area contributed by atoms with Gasteiger partial charge in [0, 0.05) is 10.6 Å². The average Bonchev–Trinajstić information content (AvgIpc) is 3.09. The number of aromatic nitrogens is 3. The van der Waals surface area contributed by atoms with E-state index in [1.54, 1.807) is 17.4 Å². The largest absolute Gasteiger partial charge is 0.336 e. The highest BCUT2D eigenvalue weighted by Gasteiger charge is 2.22. The fourth-order valence-corrected chi connectivity index (χ4v) is 4.32. The Balaban J connectivity index is 1.67. The van der Waals surface area contributed by atoms with Crippen molar-refractivity contribution in [2.45, 2.75) is 40.0 Å². The molecule has 1 N–H and O–H groups in total. The smallest absolute Gasteiger partial charge is 0.258 e. The van der Waals surface area contributed by atoms with E-state index in [4.69, 9.17) is 4.52 Å². The fourth-order valence-electron chi connectivity index (χ4n) is 3.15. The lowest BCUT2D eigenvalue weighted by Gasteiger charge is -2.15. The minimum absolute atomic E-state index is 0.198. The van der Waals surface area contributed by atoms with Gasteiger partial charge in [-0.05, 0) is 45.1 Å². The number of carbonyl (C=O) groups excluding carboxylic acids is 1. The molecule has 1 aliphatic rings. The maximum absolute atomic E-state index is 12.8. The molecule has 0 aromatic carbocycles. The van der Waals surface area contributed by atoms with Crippen LogP contribution in [0.5, 0.6) is 0 Å². The summed E-state index contributed by atoms with van der Waals surface area (Å²) < 4.78 is 5.19. The lowest BCUT2D eigenvalue weighted by Crippen LogP contribution is -2.13. The first-order valence-corrected chi connectivity index (χ1v) is 8.86. The van der Waals surface area contributed by atoms with Crippen molar-refractivity contribution in [2.24, 2.45) is 5.92 Å². The highest BCUT2D eigenvalue weighted by atomic mass is 32.1. The molecule has 7 heteroatoms. The molecule has 1 amide bonds. The van der Waals surface area contributed by atoms with Crippen molar-refractivity contribution < 1.29 is 9.32 Å². The number of thiazole rings is 1. The number of hydrogen-bond acceptors (Lipinski definition) is 6. The first-order valence-electron chi connectivity index (χ1n) is 8.05. The standard InChI is InChI=1S/C17H18N4O2S/c1-8-4-5-12-13(6-8)24-17(19-12)20-15(22)11-7-9(2)18-16-14(11)10(3)21-23-16/h7-8H,4-6H2,1-3H3,(H,19,20,22). The second-order valence-corrected chi connectivity index (χ2v) is 7.53. The van der Waals surface area contributed by atoms with Gasteiger partial charge in [-0.3, -0.25) is 10.1 Å². The Morgan fingerprint density at radius 3 is 3.04 bits per heavy atom. The van der Waals surface area contributed by atoms with Crippen molar-refractivity contribution in [2.75, 3.05) is 5.32 Å². The van der Waals surface area contributed by atoms with E-state index in [2.05, 4.69) is 27.4 Å².